The molecule has 1 aromatic carbocycles. The van der Waals surface area contributed by atoms with Crippen molar-refractivity contribution in [3.8, 4) is 11.1 Å². The lowest BCUT2D eigenvalue weighted by Gasteiger charge is -2.18. The SMILES string of the molecule is CCC(C)n1c(=O)c(-c2ccc(NSCCC(F)(F)F)c(F)c2)cc2cnc(SC)nc21. The highest BCUT2D eigenvalue weighted by Gasteiger charge is 2.26. The third-order valence-corrected chi connectivity index (χ3v) is 6.25. The number of thioether (sulfide) groups is 1. The average molecular weight is 487 g/mol. The molecule has 1 atom stereocenters. The van der Waals surface area contributed by atoms with Gasteiger partial charge >= 0.3 is 6.18 Å². The molecule has 3 aromatic rings. The number of aromatic nitrogens is 3. The molecule has 32 heavy (non-hydrogen) atoms. The molecule has 3 rings (SSSR count). The standard InChI is InChI=1S/C21H22F4N4OS2/c1-4-12(2)29-18-14(11-26-20(27-18)31-3)9-15(19(29)30)13-5-6-17(16(22)10-13)28-32-8-7-21(23,24)25/h5-6,9-12,28H,4,7-8H2,1-3H3. The first kappa shape index (κ1) is 24.4. The molecule has 1 N–H and O–H groups in total. The number of halogens is 4. The summed E-state index contributed by atoms with van der Waals surface area (Å²) in [5.41, 5.74) is 0.946. The molecule has 0 radical (unpaired) electrons. The van der Waals surface area contributed by atoms with E-state index in [0.717, 1.165) is 11.9 Å². The Bertz CT molecular complexity index is 1170. The zero-order valence-electron chi connectivity index (χ0n) is 17.7. The lowest BCUT2D eigenvalue weighted by molar-refractivity contribution is -0.129. The van der Waals surface area contributed by atoms with Crippen molar-refractivity contribution < 1.29 is 17.6 Å². The van der Waals surface area contributed by atoms with Crippen molar-refractivity contribution in [3.05, 3.63) is 46.6 Å². The van der Waals surface area contributed by atoms with Gasteiger partial charge in [0.05, 0.1) is 12.1 Å². The summed E-state index contributed by atoms with van der Waals surface area (Å²) in [4.78, 5) is 22.1. The number of alkyl halides is 3. The number of nitrogens with zero attached hydrogens (tertiary/aromatic N) is 3. The zero-order chi connectivity index (χ0) is 23.5. The first-order chi connectivity index (χ1) is 15.1. The van der Waals surface area contributed by atoms with E-state index in [0.29, 0.717) is 33.7 Å². The zero-order valence-corrected chi connectivity index (χ0v) is 19.3. The highest BCUT2D eigenvalue weighted by Crippen LogP contribution is 2.28. The van der Waals surface area contributed by atoms with Crippen LogP contribution in [0.1, 0.15) is 32.7 Å². The summed E-state index contributed by atoms with van der Waals surface area (Å²) in [5.74, 6) is -0.905. The molecule has 0 spiro atoms. The summed E-state index contributed by atoms with van der Waals surface area (Å²) < 4.78 is 55.6. The summed E-state index contributed by atoms with van der Waals surface area (Å²) in [7, 11) is 0. The fourth-order valence-electron chi connectivity index (χ4n) is 3.06. The van der Waals surface area contributed by atoms with Gasteiger partial charge in [-0.1, -0.05) is 36.7 Å². The Morgan fingerprint density at radius 3 is 2.62 bits per heavy atom. The van der Waals surface area contributed by atoms with E-state index in [1.165, 1.54) is 23.9 Å². The number of hydrogen-bond donors (Lipinski definition) is 1. The Hall–Kier alpha value is -2.27. The summed E-state index contributed by atoms with van der Waals surface area (Å²) >= 11 is 2.14. The Morgan fingerprint density at radius 2 is 2.00 bits per heavy atom. The van der Waals surface area contributed by atoms with Gasteiger partial charge in [0.25, 0.3) is 5.56 Å². The van der Waals surface area contributed by atoms with Crippen molar-refractivity contribution >= 4 is 40.4 Å². The van der Waals surface area contributed by atoms with Gasteiger partial charge < -0.3 is 4.72 Å². The third kappa shape index (κ3) is 5.55. The van der Waals surface area contributed by atoms with E-state index in [1.807, 2.05) is 20.1 Å². The third-order valence-electron chi connectivity index (χ3n) is 4.92. The molecule has 1 unspecified atom stereocenters. The van der Waals surface area contributed by atoms with E-state index in [9.17, 15) is 22.4 Å². The number of pyridine rings is 1. The number of fused-ring (bicyclic) bond motifs is 1. The van der Waals surface area contributed by atoms with Gasteiger partial charge in [0.1, 0.15) is 11.5 Å². The number of rotatable bonds is 8. The van der Waals surface area contributed by atoms with Crippen LogP contribution in [0.5, 0.6) is 0 Å². The number of benzene rings is 1. The normalized spacial score (nSPS) is 12.8. The van der Waals surface area contributed by atoms with Crippen molar-refractivity contribution in [2.75, 3.05) is 16.7 Å². The highest BCUT2D eigenvalue weighted by molar-refractivity contribution is 8.00. The van der Waals surface area contributed by atoms with Gasteiger partial charge in [0.15, 0.2) is 5.16 Å². The second-order valence-corrected chi connectivity index (χ2v) is 8.81. The minimum Gasteiger partial charge on any atom is -0.327 e. The van der Waals surface area contributed by atoms with E-state index >= 15 is 0 Å². The molecule has 0 aliphatic heterocycles. The molecule has 0 amide bonds. The lowest BCUT2D eigenvalue weighted by atomic mass is 10.0. The maximum Gasteiger partial charge on any atom is 0.389 e. The second-order valence-electron chi connectivity index (χ2n) is 7.14. The first-order valence-electron chi connectivity index (χ1n) is 9.85. The average Bonchev–Trinajstić information content (AvgIpc) is 2.75. The minimum absolute atomic E-state index is 0.0527. The Morgan fingerprint density at radius 1 is 1.25 bits per heavy atom. The number of hydrogen-bond acceptors (Lipinski definition) is 6. The maximum absolute atomic E-state index is 14.6. The predicted octanol–water partition coefficient (Wildman–Crippen LogP) is 6.30. The molecular weight excluding hydrogens is 464 g/mol. The van der Waals surface area contributed by atoms with Crippen LogP contribution in [-0.2, 0) is 0 Å². The van der Waals surface area contributed by atoms with Crippen molar-refractivity contribution in [2.24, 2.45) is 0 Å². The number of nitrogens with one attached hydrogen (secondary N) is 1. The molecule has 5 nitrogen and oxygen atoms in total. The summed E-state index contributed by atoms with van der Waals surface area (Å²) in [6.45, 7) is 3.88. The lowest BCUT2D eigenvalue weighted by Crippen LogP contribution is -2.25. The molecule has 2 heterocycles. The van der Waals surface area contributed by atoms with Crippen LogP contribution < -0.4 is 10.3 Å². The van der Waals surface area contributed by atoms with Crippen LogP contribution in [-0.4, -0.2) is 32.7 Å². The Balaban J connectivity index is 1.98. The van der Waals surface area contributed by atoms with Crippen LogP contribution in [0, 0.1) is 5.82 Å². The van der Waals surface area contributed by atoms with Crippen molar-refractivity contribution in [3.63, 3.8) is 0 Å². The fourth-order valence-corrected chi connectivity index (χ4v) is 4.15. The molecule has 0 aliphatic carbocycles. The van der Waals surface area contributed by atoms with Gasteiger partial charge in [0.2, 0.25) is 0 Å². The van der Waals surface area contributed by atoms with Gasteiger partial charge in [0, 0.05) is 28.9 Å². The molecule has 0 bridgehead atoms. The maximum atomic E-state index is 14.6. The van der Waals surface area contributed by atoms with Crippen LogP contribution in [0.4, 0.5) is 23.2 Å². The van der Waals surface area contributed by atoms with Crippen molar-refractivity contribution in [2.45, 2.75) is 44.1 Å². The van der Waals surface area contributed by atoms with Crippen molar-refractivity contribution in [1.29, 1.82) is 0 Å². The highest BCUT2D eigenvalue weighted by atomic mass is 32.2. The van der Waals surface area contributed by atoms with E-state index in [2.05, 4.69) is 14.7 Å². The quantitative estimate of drug-likeness (QED) is 0.133. The number of anilines is 1. The first-order valence-corrected chi connectivity index (χ1v) is 12.1. The van der Waals surface area contributed by atoms with Crippen LogP contribution >= 0.6 is 23.7 Å². The van der Waals surface area contributed by atoms with E-state index < -0.39 is 18.4 Å². The fraction of sp³-hybridized carbons (Fsp3) is 0.381. The molecule has 0 saturated heterocycles. The Kier molecular flexibility index (Phi) is 7.71. The molecule has 0 fully saturated rings. The predicted molar refractivity (Wildman–Crippen MR) is 123 cm³/mol. The largest absolute Gasteiger partial charge is 0.389 e. The van der Waals surface area contributed by atoms with E-state index in [-0.39, 0.29) is 23.0 Å². The molecule has 172 valence electrons. The molecule has 11 heteroatoms. The van der Waals surface area contributed by atoms with Gasteiger partial charge in [-0.05, 0) is 43.4 Å². The van der Waals surface area contributed by atoms with Gasteiger partial charge in [-0.25, -0.2) is 14.4 Å². The molecule has 0 aliphatic rings. The minimum atomic E-state index is -4.26. The summed E-state index contributed by atoms with van der Waals surface area (Å²) in [6.07, 6.45) is -1.05. The van der Waals surface area contributed by atoms with Gasteiger partial charge in [-0.2, -0.15) is 13.2 Å². The van der Waals surface area contributed by atoms with Crippen LogP contribution in [0.25, 0.3) is 22.2 Å². The monoisotopic (exact) mass is 486 g/mol. The van der Waals surface area contributed by atoms with Crippen LogP contribution in [0.2, 0.25) is 0 Å². The van der Waals surface area contributed by atoms with Gasteiger partial charge in [-0.15, -0.1) is 0 Å². The molecule has 2 aromatic heterocycles. The van der Waals surface area contributed by atoms with Crippen molar-refractivity contribution in [1.82, 2.24) is 14.5 Å². The summed E-state index contributed by atoms with van der Waals surface area (Å²) in [5, 5.41) is 1.20. The topological polar surface area (TPSA) is 59.8 Å². The summed E-state index contributed by atoms with van der Waals surface area (Å²) in [6, 6.07) is 5.69. The van der Waals surface area contributed by atoms with Crippen LogP contribution in [0.3, 0.4) is 0 Å². The van der Waals surface area contributed by atoms with E-state index in [1.54, 1.807) is 22.9 Å². The van der Waals surface area contributed by atoms with Gasteiger partial charge in [-0.3, -0.25) is 9.36 Å². The molecule has 0 saturated carbocycles. The van der Waals surface area contributed by atoms with Crippen LogP contribution in [0.15, 0.2) is 40.4 Å². The smallest absolute Gasteiger partial charge is 0.327 e. The Labute approximate surface area is 191 Å². The van der Waals surface area contributed by atoms with E-state index in [4.69, 9.17) is 0 Å². The molecular formula is C21H22F4N4OS2. The second kappa shape index (κ2) is 10.1.